The summed E-state index contributed by atoms with van der Waals surface area (Å²) in [6.45, 7) is 1.64. The van der Waals surface area contributed by atoms with E-state index in [-0.39, 0.29) is 11.9 Å². The zero-order valence-electron chi connectivity index (χ0n) is 14.3. The Bertz CT molecular complexity index is 912. The molecule has 1 saturated heterocycles. The topological polar surface area (TPSA) is 109 Å². The standard InChI is InChI=1S/C18H18FN5O2S/c19-15-8-11(5-7-22-15)3-4-13-9-14(24-18(20)26)16(27-13)17(25)23-12-2-1-6-21-10-12/h5,7-9,12,21H,1-2,6,10H2,(H,23,25)(H3,20,24,26)/t12-/m0/s1. The van der Waals surface area contributed by atoms with Crippen molar-refractivity contribution in [3.8, 4) is 11.8 Å². The maximum absolute atomic E-state index is 13.1. The Balaban J connectivity index is 1.82. The molecule has 3 rings (SSSR count). The molecule has 0 bridgehead atoms. The monoisotopic (exact) mass is 387 g/mol. The van der Waals surface area contributed by atoms with Crippen LogP contribution in [0.5, 0.6) is 0 Å². The Labute approximate surface area is 159 Å². The van der Waals surface area contributed by atoms with Crippen molar-refractivity contribution in [2.24, 2.45) is 5.73 Å². The number of carbonyl (C=O) groups is 2. The average molecular weight is 387 g/mol. The molecule has 9 heteroatoms. The number of anilines is 1. The van der Waals surface area contributed by atoms with Crippen molar-refractivity contribution in [3.05, 3.63) is 45.7 Å². The van der Waals surface area contributed by atoms with E-state index < -0.39 is 12.0 Å². The van der Waals surface area contributed by atoms with E-state index >= 15 is 0 Å². The van der Waals surface area contributed by atoms with Crippen LogP contribution in [0, 0.1) is 17.8 Å². The number of piperidine rings is 1. The Morgan fingerprint density at radius 1 is 1.37 bits per heavy atom. The summed E-state index contributed by atoms with van der Waals surface area (Å²) < 4.78 is 13.1. The summed E-state index contributed by atoms with van der Waals surface area (Å²) in [5, 5.41) is 8.64. The second kappa shape index (κ2) is 8.62. The number of hydrogen-bond donors (Lipinski definition) is 4. The van der Waals surface area contributed by atoms with Crippen molar-refractivity contribution >= 4 is 29.0 Å². The molecule has 1 atom stereocenters. The number of carbonyl (C=O) groups excluding carboxylic acids is 2. The average Bonchev–Trinajstić information content (AvgIpc) is 3.03. The molecule has 3 amide bonds. The lowest BCUT2D eigenvalue weighted by Crippen LogP contribution is -2.45. The van der Waals surface area contributed by atoms with Gasteiger partial charge in [0, 0.05) is 30.4 Å². The molecule has 1 aliphatic rings. The van der Waals surface area contributed by atoms with E-state index in [0.29, 0.717) is 27.5 Å². The van der Waals surface area contributed by atoms with Gasteiger partial charge in [-0.2, -0.15) is 4.39 Å². The van der Waals surface area contributed by atoms with Crippen molar-refractivity contribution < 1.29 is 14.0 Å². The molecule has 0 spiro atoms. The summed E-state index contributed by atoms with van der Waals surface area (Å²) in [6, 6.07) is 3.64. The van der Waals surface area contributed by atoms with Gasteiger partial charge in [0.25, 0.3) is 5.91 Å². The van der Waals surface area contributed by atoms with E-state index in [9.17, 15) is 14.0 Å². The zero-order chi connectivity index (χ0) is 19.2. The number of rotatable bonds is 3. The van der Waals surface area contributed by atoms with Gasteiger partial charge in [0.1, 0.15) is 4.88 Å². The SMILES string of the molecule is NC(=O)Nc1cc(C#Cc2ccnc(F)c2)sc1C(=O)N[C@H]1CCCNC1. The van der Waals surface area contributed by atoms with Crippen LogP contribution in [-0.4, -0.2) is 36.1 Å². The van der Waals surface area contributed by atoms with Crippen LogP contribution in [0.2, 0.25) is 0 Å². The summed E-state index contributed by atoms with van der Waals surface area (Å²) in [5.74, 6) is 4.77. The Kier molecular flexibility index (Phi) is 6.01. The number of urea groups is 1. The normalized spacial score (nSPS) is 16.1. The lowest BCUT2D eigenvalue weighted by molar-refractivity contribution is 0.0935. The third-order valence-electron chi connectivity index (χ3n) is 3.88. The molecule has 0 saturated carbocycles. The first-order valence-corrected chi connectivity index (χ1v) is 9.18. The fraction of sp³-hybridized carbons (Fsp3) is 0.278. The predicted octanol–water partition coefficient (Wildman–Crippen LogP) is 1.65. The van der Waals surface area contributed by atoms with Gasteiger partial charge in [-0.3, -0.25) is 4.79 Å². The fourth-order valence-electron chi connectivity index (χ4n) is 2.69. The lowest BCUT2D eigenvalue weighted by atomic mass is 10.1. The molecule has 1 aliphatic heterocycles. The highest BCUT2D eigenvalue weighted by Crippen LogP contribution is 2.27. The van der Waals surface area contributed by atoms with Crippen LogP contribution in [-0.2, 0) is 0 Å². The van der Waals surface area contributed by atoms with Crippen LogP contribution >= 0.6 is 11.3 Å². The number of primary amides is 1. The van der Waals surface area contributed by atoms with E-state index in [4.69, 9.17) is 5.73 Å². The van der Waals surface area contributed by atoms with Gasteiger partial charge in [-0.15, -0.1) is 11.3 Å². The van der Waals surface area contributed by atoms with Gasteiger partial charge in [-0.05, 0) is 31.5 Å². The molecule has 2 aromatic rings. The first-order chi connectivity index (χ1) is 13.0. The van der Waals surface area contributed by atoms with Crippen LogP contribution < -0.4 is 21.7 Å². The number of nitrogens with one attached hydrogen (secondary N) is 3. The number of halogens is 1. The number of amides is 3. The zero-order valence-corrected chi connectivity index (χ0v) is 15.2. The number of aromatic nitrogens is 1. The molecular formula is C18H18FN5O2S. The molecule has 7 nitrogen and oxygen atoms in total. The number of thiophene rings is 1. The van der Waals surface area contributed by atoms with Gasteiger partial charge < -0.3 is 21.7 Å². The summed E-state index contributed by atoms with van der Waals surface area (Å²) in [7, 11) is 0. The lowest BCUT2D eigenvalue weighted by Gasteiger charge is -2.23. The quantitative estimate of drug-likeness (QED) is 0.474. The van der Waals surface area contributed by atoms with Gasteiger partial charge in [0.05, 0.1) is 10.6 Å². The van der Waals surface area contributed by atoms with Crippen molar-refractivity contribution in [2.45, 2.75) is 18.9 Å². The molecule has 27 heavy (non-hydrogen) atoms. The molecule has 0 aromatic carbocycles. The molecule has 2 aromatic heterocycles. The van der Waals surface area contributed by atoms with Crippen molar-refractivity contribution in [2.75, 3.05) is 18.4 Å². The van der Waals surface area contributed by atoms with Crippen molar-refractivity contribution in [1.82, 2.24) is 15.6 Å². The van der Waals surface area contributed by atoms with Crippen LogP contribution in [0.15, 0.2) is 24.4 Å². The number of nitrogens with two attached hydrogens (primary N) is 1. The molecule has 3 heterocycles. The van der Waals surface area contributed by atoms with E-state index in [2.05, 4.69) is 32.8 Å². The van der Waals surface area contributed by atoms with Crippen LogP contribution in [0.1, 0.15) is 33.0 Å². The maximum atomic E-state index is 13.1. The minimum Gasteiger partial charge on any atom is -0.351 e. The highest BCUT2D eigenvalue weighted by Gasteiger charge is 2.21. The Morgan fingerprint density at radius 2 is 2.22 bits per heavy atom. The number of nitrogens with zero attached hydrogens (tertiary/aromatic N) is 1. The Morgan fingerprint density at radius 3 is 2.93 bits per heavy atom. The van der Waals surface area contributed by atoms with Crippen LogP contribution in [0.4, 0.5) is 14.9 Å². The molecule has 140 valence electrons. The summed E-state index contributed by atoms with van der Waals surface area (Å²) in [6.07, 6.45) is 3.20. The van der Waals surface area contributed by atoms with Gasteiger partial charge in [0.15, 0.2) is 0 Å². The van der Waals surface area contributed by atoms with E-state index in [0.717, 1.165) is 30.7 Å². The molecule has 0 radical (unpaired) electrons. The summed E-state index contributed by atoms with van der Waals surface area (Å²) >= 11 is 1.14. The van der Waals surface area contributed by atoms with Crippen molar-refractivity contribution in [3.63, 3.8) is 0 Å². The molecule has 1 fully saturated rings. The highest BCUT2D eigenvalue weighted by atomic mass is 32.1. The van der Waals surface area contributed by atoms with Gasteiger partial charge in [-0.25, -0.2) is 9.78 Å². The number of pyridine rings is 1. The first-order valence-electron chi connectivity index (χ1n) is 8.36. The third kappa shape index (κ3) is 5.26. The largest absolute Gasteiger partial charge is 0.351 e. The predicted molar refractivity (Wildman–Crippen MR) is 101 cm³/mol. The van der Waals surface area contributed by atoms with E-state index in [1.807, 2.05) is 0 Å². The maximum Gasteiger partial charge on any atom is 0.316 e. The van der Waals surface area contributed by atoms with Crippen LogP contribution in [0.25, 0.3) is 0 Å². The number of hydrogen-bond acceptors (Lipinski definition) is 5. The molecule has 0 aliphatic carbocycles. The van der Waals surface area contributed by atoms with Crippen molar-refractivity contribution in [1.29, 1.82) is 0 Å². The van der Waals surface area contributed by atoms with E-state index in [1.54, 1.807) is 12.1 Å². The van der Waals surface area contributed by atoms with Gasteiger partial charge in [0.2, 0.25) is 5.95 Å². The first kappa shape index (κ1) is 18.8. The van der Waals surface area contributed by atoms with E-state index in [1.165, 1.54) is 12.3 Å². The molecule has 0 unspecified atom stereocenters. The summed E-state index contributed by atoms with van der Waals surface area (Å²) in [5.41, 5.74) is 5.96. The van der Waals surface area contributed by atoms with Gasteiger partial charge >= 0.3 is 6.03 Å². The fourth-order valence-corrected chi connectivity index (χ4v) is 3.56. The summed E-state index contributed by atoms with van der Waals surface area (Å²) in [4.78, 5) is 28.2. The molecular weight excluding hydrogens is 369 g/mol. The Hall–Kier alpha value is -2.96. The van der Waals surface area contributed by atoms with Crippen LogP contribution in [0.3, 0.4) is 0 Å². The second-order valence-corrected chi connectivity index (χ2v) is 7.03. The molecule has 5 N–H and O–H groups in total. The highest BCUT2D eigenvalue weighted by molar-refractivity contribution is 7.15. The smallest absolute Gasteiger partial charge is 0.316 e. The minimum atomic E-state index is -0.767. The second-order valence-electron chi connectivity index (χ2n) is 5.98. The minimum absolute atomic E-state index is 0.0316. The third-order valence-corrected chi connectivity index (χ3v) is 4.93. The van der Waals surface area contributed by atoms with Gasteiger partial charge in [-0.1, -0.05) is 11.8 Å².